The lowest BCUT2D eigenvalue weighted by Crippen LogP contribution is -2.32. The molecule has 0 saturated heterocycles. The lowest BCUT2D eigenvalue weighted by molar-refractivity contribution is -0.136. The molecule has 0 saturated carbocycles. The van der Waals surface area contributed by atoms with Crippen LogP contribution in [0, 0.1) is 6.92 Å². The van der Waals surface area contributed by atoms with Crippen molar-refractivity contribution in [2.24, 2.45) is 5.10 Å². The summed E-state index contributed by atoms with van der Waals surface area (Å²) in [7, 11) is 1.54. The lowest BCUT2D eigenvalue weighted by Gasteiger charge is -2.05. The van der Waals surface area contributed by atoms with Crippen LogP contribution < -0.4 is 15.5 Å². The average Bonchev–Trinajstić information content (AvgIpc) is 2.57. The van der Waals surface area contributed by atoms with Crippen molar-refractivity contribution in [1.29, 1.82) is 0 Å². The van der Waals surface area contributed by atoms with Crippen molar-refractivity contribution in [1.82, 2.24) is 5.43 Å². The quantitative estimate of drug-likeness (QED) is 0.479. The molecule has 2 aromatic carbocycles. The van der Waals surface area contributed by atoms with Gasteiger partial charge in [0.25, 0.3) is 0 Å². The van der Waals surface area contributed by atoms with E-state index in [1.54, 1.807) is 24.3 Å². The second kappa shape index (κ2) is 8.26. The number of benzene rings is 2. The van der Waals surface area contributed by atoms with E-state index in [-0.39, 0.29) is 0 Å². The summed E-state index contributed by atoms with van der Waals surface area (Å²) >= 11 is 3.34. The summed E-state index contributed by atoms with van der Waals surface area (Å²) in [4.78, 5) is 23.5. The number of anilines is 1. The van der Waals surface area contributed by atoms with Gasteiger partial charge in [-0.2, -0.15) is 5.10 Å². The third-order valence-corrected chi connectivity index (χ3v) is 3.57. The summed E-state index contributed by atoms with van der Waals surface area (Å²) in [6.07, 6.45) is 1.40. The Morgan fingerprint density at radius 2 is 1.83 bits per heavy atom. The Kier molecular flexibility index (Phi) is 6.08. The number of nitrogens with one attached hydrogen (secondary N) is 2. The first-order valence-corrected chi connectivity index (χ1v) is 7.83. The Balaban J connectivity index is 1.96. The maximum absolute atomic E-state index is 11.8. The van der Waals surface area contributed by atoms with E-state index in [4.69, 9.17) is 4.74 Å². The molecule has 6 nitrogen and oxygen atoms in total. The highest BCUT2D eigenvalue weighted by Gasteiger charge is 2.12. The molecule has 7 heteroatoms. The van der Waals surface area contributed by atoms with Gasteiger partial charge in [-0.3, -0.25) is 9.59 Å². The summed E-state index contributed by atoms with van der Waals surface area (Å²) < 4.78 is 6.03. The van der Waals surface area contributed by atoms with Gasteiger partial charge in [0.2, 0.25) is 0 Å². The Hall–Kier alpha value is -2.67. The Morgan fingerprint density at radius 3 is 2.50 bits per heavy atom. The first kappa shape index (κ1) is 17.7. The minimum atomic E-state index is -0.860. The molecule has 0 aliphatic rings. The number of nitrogens with zero attached hydrogens (tertiary/aromatic N) is 1. The zero-order valence-electron chi connectivity index (χ0n) is 13.2. The number of halogens is 1. The number of amides is 2. The fourth-order valence-corrected chi connectivity index (χ4v) is 2.22. The SMILES string of the molecule is COc1ccc(Br)cc1/C=N/NC(=O)C(=O)Nc1ccc(C)cc1. The molecule has 24 heavy (non-hydrogen) atoms. The van der Waals surface area contributed by atoms with Gasteiger partial charge < -0.3 is 10.1 Å². The monoisotopic (exact) mass is 389 g/mol. The Bertz CT molecular complexity index is 773. The van der Waals surface area contributed by atoms with Crippen LogP contribution in [0.1, 0.15) is 11.1 Å². The molecule has 0 unspecified atom stereocenters. The van der Waals surface area contributed by atoms with Gasteiger partial charge >= 0.3 is 11.8 Å². The summed E-state index contributed by atoms with van der Waals surface area (Å²) in [6, 6.07) is 12.5. The number of hydrazone groups is 1. The lowest BCUT2D eigenvalue weighted by atomic mass is 10.2. The molecule has 0 aromatic heterocycles. The zero-order valence-corrected chi connectivity index (χ0v) is 14.8. The van der Waals surface area contributed by atoms with E-state index in [0.29, 0.717) is 17.0 Å². The predicted molar refractivity (Wildman–Crippen MR) is 96.2 cm³/mol. The molecule has 0 aliphatic heterocycles. The highest BCUT2D eigenvalue weighted by Crippen LogP contribution is 2.21. The standard InChI is InChI=1S/C17H16BrN3O3/c1-11-3-6-14(7-4-11)20-16(22)17(23)21-19-10-12-9-13(18)5-8-15(12)24-2/h3-10H,1-2H3,(H,20,22)(H,21,23)/b19-10+. The highest BCUT2D eigenvalue weighted by atomic mass is 79.9. The minimum absolute atomic E-state index is 0.540. The smallest absolute Gasteiger partial charge is 0.329 e. The van der Waals surface area contributed by atoms with Crippen molar-refractivity contribution in [3.8, 4) is 5.75 Å². The van der Waals surface area contributed by atoms with Gasteiger partial charge in [-0.15, -0.1) is 0 Å². The van der Waals surface area contributed by atoms with Crippen molar-refractivity contribution >= 4 is 39.6 Å². The summed E-state index contributed by atoms with van der Waals surface area (Å²) in [5.74, 6) is -1.06. The van der Waals surface area contributed by atoms with Crippen LogP contribution >= 0.6 is 15.9 Å². The number of ether oxygens (including phenoxy) is 1. The molecule has 2 rings (SSSR count). The molecule has 0 atom stereocenters. The van der Waals surface area contributed by atoms with Crippen molar-refractivity contribution in [2.45, 2.75) is 6.92 Å². The maximum Gasteiger partial charge on any atom is 0.329 e. The van der Waals surface area contributed by atoms with Crippen LogP contribution in [0.5, 0.6) is 5.75 Å². The van der Waals surface area contributed by atoms with E-state index in [1.165, 1.54) is 13.3 Å². The van der Waals surface area contributed by atoms with Crippen LogP contribution in [-0.2, 0) is 9.59 Å². The molecule has 2 aromatic rings. The Morgan fingerprint density at radius 1 is 1.12 bits per heavy atom. The number of carbonyl (C=O) groups excluding carboxylic acids is 2. The van der Waals surface area contributed by atoms with Gasteiger partial charge in [0, 0.05) is 15.7 Å². The highest BCUT2D eigenvalue weighted by molar-refractivity contribution is 9.10. The molecule has 124 valence electrons. The third kappa shape index (κ3) is 4.92. The topological polar surface area (TPSA) is 79.8 Å². The van der Waals surface area contributed by atoms with Crippen LogP contribution in [0.3, 0.4) is 0 Å². The van der Waals surface area contributed by atoms with Crippen LogP contribution in [0.15, 0.2) is 52.0 Å². The largest absolute Gasteiger partial charge is 0.496 e. The van der Waals surface area contributed by atoms with E-state index in [0.717, 1.165) is 10.0 Å². The predicted octanol–water partition coefficient (Wildman–Crippen LogP) is 2.85. The fourth-order valence-electron chi connectivity index (χ4n) is 1.84. The zero-order chi connectivity index (χ0) is 17.5. The van der Waals surface area contributed by atoms with Gasteiger partial charge in [-0.1, -0.05) is 33.6 Å². The van der Waals surface area contributed by atoms with Crippen LogP contribution in [-0.4, -0.2) is 25.1 Å². The molecule has 0 bridgehead atoms. The minimum Gasteiger partial charge on any atom is -0.496 e. The molecular formula is C17H16BrN3O3. The first-order valence-electron chi connectivity index (χ1n) is 7.04. The van der Waals surface area contributed by atoms with Gasteiger partial charge in [-0.25, -0.2) is 5.43 Å². The van der Waals surface area contributed by atoms with Gasteiger partial charge in [0.05, 0.1) is 13.3 Å². The number of aryl methyl sites for hydroxylation is 1. The second-order valence-corrected chi connectivity index (χ2v) is 5.82. The van der Waals surface area contributed by atoms with E-state index < -0.39 is 11.8 Å². The molecule has 2 amide bonds. The van der Waals surface area contributed by atoms with E-state index in [9.17, 15) is 9.59 Å². The maximum atomic E-state index is 11.8. The molecular weight excluding hydrogens is 374 g/mol. The van der Waals surface area contributed by atoms with Crippen molar-refractivity contribution in [3.05, 3.63) is 58.1 Å². The molecule has 0 fully saturated rings. The first-order chi connectivity index (χ1) is 11.5. The number of methoxy groups -OCH3 is 1. The molecule has 0 spiro atoms. The summed E-state index contributed by atoms with van der Waals surface area (Å²) in [5, 5.41) is 6.27. The van der Waals surface area contributed by atoms with E-state index in [1.807, 2.05) is 25.1 Å². The molecule has 0 aliphatic carbocycles. The van der Waals surface area contributed by atoms with Gasteiger partial charge in [0.15, 0.2) is 0 Å². The van der Waals surface area contributed by atoms with Crippen LogP contribution in [0.4, 0.5) is 5.69 Å². The van der Waals surface area contributed by atoms with Gasteiger partial charge in [-0.05, 0) is 37.3 Å². The second-order valence-electron chi connectivity index (χ2n) is 4.91. The van der Waals surface area contributed by atoms with Crippen molar-refractivity contribution in [3.63, 3.8) is 0 Å². The molecule has 0 heterocycles. The van der Waals surface area contributed by atoms with Crippen LogP contribution in [0.25, 0.3) is 0 Å². The average molecular weight is 390 g/mol. The Labute approximate surface area is 148 Å². The third-order valence-electron chi connectivity index (χ3n) is 3.08. The number of hydrogen-bond acceptors (Lipinski definition) is 4. The summed E-state index contributed by atoms with van der Waals surface area (Å²) in [6.45, 7) is 1.93. The van der Waals surface area contributed by atoms with Crippen molar-refractivity contribution in [2.75, 3.05) is 12.4 Å². The number of hydrogen-bond donors (Lipinski definition) is 2. The molecule has 0 radical (unpaired) electrons. The van der Waals surface area contributed by atoms with Crippen LogP contribution in [0.2, 0.25) is 0 Å². The fraction of sp³-hybridized carbons (Fsp3) is 0.118. The van der Waals surface area contributed by atoms with E-state index in [2.05, 4.69) is 31.8 Å². The number of rotatable bonds is 4. The normalized spacial score (nSPS) is 10.5. The number of carbonyl (C=O) groups is 2. The van der Waals surface area contributed by atoms with Crippen molar-refractivity contribution < 1.29 is 14.3 Å². The molecule has 2 N–H and O–H groups in total. The van der Waals surface area contributed by atoms with E-state index >= 15 is 0 Å². The summed E-state index contributed by atoms with van der Waals surface area (Å²) in [5.41, 5.74) is 4.44. The van der Waals surface area contributed by atoms with Gasteiger partial charge in [0.1, 0.15) is 5.75 Å².